The van der Waals surface area contributed by atoms with E-state index in [2.05, 4.69) is 20.3 Å². The number of hydrogen-bond acceptors (Lipinski definition) is 4. The molecule has 2 heterocycles. The van der Waals surface area contributed by atoms with Crippen molar-refractivity contribution >= 4 is 11.6 Å². The van der Waals surface area contributed by atoms with Gasteiger partial charge in [-0.1, -0.05) is 12.1 Å². The fraction of sp³-hybridized carbons (Fsp3) is 0.118. The number of halogens is 3. The molecule has 0 bridgehead atoms. The average Bonchev–Trinajstić information content (AvgIpc) is 2.54. The highest BCUT2D eigenvalue weighted by Crippen LogP contribution is 2.29. The predicted octanol–water partition coefficient (Wildman–Crippen LogP) is 4.61. The third-order valence-electron chi connectivity index (χ3n) is 3.27. The fourth-order valence-electron chi connectivity index (χ4n) is 2.26. The second-order valence-electron chi connectivity index (χ2n) is 5.22. The first-order valence-electron chi connectivity index (χ1n) is 7.11. The van der Waals surface area contributed by atoms with Gasteiger partial charge in [0.25, 0.3) is 0 Å². The summed E-state index contributed by atoms with van der Waals surface area (Å²) in [5.74, 6) is -0.104. The summed E-state index contributed by atoms with van der Waals surface area (Å²) in [5.41, 5.74) is 2.38. The Labute approximate surface area is 136 Å². The molecule has 0 unspecified atom stereocenters. The molecular weight excluding hydrogens is 317 g/mol. The fourth-order valence-corrected chi connectivity index (χ4v) is 2.26. The summed E-state index contributed by atoms with van der Waals surface area (Å²) in [5, 5.41) is 2.82. The van der Waals surface area contributed by atoms with Crippen LogP contribution in [0.15, 0.2) is 55.0 Å². The van der Waals surface area contributed by atoms with E-state index < -0.39 is 11.9 Å². The van der Waals surface area contributed by atoms with Crippen LogP contribution in [0.5, 0.6) is 0 Å². The summed E-state index contributed by atoms with van der Waals surface area (Å²) in [4.78, 5) is 11.4. The predicted molar refractivity (Wildman–Crippen MR) is 84.7 cm³/mol. The van der Waals surface area contributed by atoms with Crippen LogP contribution in [-0.2, 0) is 6.18 Å². The minimum Gasteiger partial charge on any atom is -0.324 e. The van der Waals surface area contributed by atoms with Crippen molar-refractivity contribution in [2.24, 2.45) is 0 Å². The number of nitrogens with one attached hydrogen (secondary N) is 1. The number of benzene rings is 1. The molecular formula is C17H13F3N4. The first-order valence-corrected chi connectivity index (χ1v) is 7.11. The summed E-state index contributed by atoms with van der Waals surface area (Å²) >= 11 is 0. The van der Waals surface area contributed by atoms with Gasteiger partial charge in [0.2, 0.25) is 5.95 Å². The number of alkyl halides is 3. The molecule has 1 N–H and O–H groups in total. The average molecular weight is 330 g/mol. The number of aromatic nitrogens is 3. The maximum Gasteiger partial charge on any atom is 0.433 e. The first-order chi connectivity index (χ1) is 11.4. The normalized spacial score (nSPS) is 11.3. The molecule has 122 valence electrons. The van der Waals surface area contributed by atoms with Crippen LogP contribution in [0.4, 0.5) is 24.8 Å². The van der Waals surface area contributed by atoms with Crippen molar-refractivity contribution in [2.45, 2.75) is 13.1 Å². The molecule has 0 aliphatic carbocycles. The molecule has 1 aromatic carbocycles. The summed E-state index contributed by atoms with van der Waals surface area (Å²) in [6.07, 6.45) is -0.0307. The van der Waals surface area contributed by atoms with Crippen LogP contribution in [0.1, 0.15) is 11.3 Å². The molecule has 0 fully saturated rings. The molecule has 0 saturated carbocycles. The lowest BCUT2D eigenvalue weighted by Crippen LogP contribution is -2.10. The van der Waals surface area contributed by atoms with Crippen LogP contribution in [-0.4, -0.2) is 15.0 Å². The third-order valence-corrected chi connectivity index (χ3v) is 3.27. The van der Waals surface area contributed by atoms with Gasteiger partial charge in [-0.15, -0.1) is 0 Å². The summed E-state index contributed by atoms with van der Waals surface area (Å²) < 4.78 is 38.2. The van der Waals surface area contributed by atoms with E-state index in [-0.39, 0.29) is 5.95 Å². The molecule has 24 heavy (non-hydrogen) atoms. The highest BCUT2D eigenvalue weighted by Gasteiger charge is 2.32. The minimum atomic E-state index is -4.51. The van der Waals surface area contributed by atoms with Crippen molar-refractivity contribution in [2.75, 3.05) is 5.32 Å². The van der Waals surface area contributed by atoms with Gasteiger partial charge in [0.05, 0.1) is 0 Å². The maximum atomic E-state index is 12.7. The van der Waals surface area contributed by atoms with Gasteiger partial charge in [0.15, 0.2) is 0 Å². The van der Waals surface area contributed by atoms with Crippen LogP contribution in [0.25, 0.3) is 11.1 Å². The lowest BCUT2D eigenvalue weighted by atomic mass is 10.0. The van der Waals surface area contributed by atoms with Gasteiger partial charge in [-0.3, -0.25) is 4.98 Å². The van der Waals surface area contributed by atoms with E-state index >= 15 is 0 Å². The lowest BCUT2D eigenvalue weighted by molar-refractivity contribution is -0.141. The first kappa shape index (κ1) is 15.9. The van der Waals surface area contributed by atoms with Crippen LogP contribution in [0.2, 0.25) is 0 Å². The van der Waals surface area contributed by atoms with E-state index in [9.17, 15) is 13.2 Å². The monoisotopic (exact) mass is 330 g/mol. The Morgan fingerprint density at radius 2 is 1.83 bits per heavy atom. The zero-order valence-corrected chi connectivity index (χ0v) is 12.7. The molecule has 3 aromatic rings. The van der Waals surface area contributed by atoms with E-state index in [1.54, 1.807) is 12.4 Å². The highest BCUT2D eigenvalue weighted by molar-refractivity contribution is 5.70. The zero-order chi connectivity index (χ0) is 17.2. The van der Waals surface area contributed by atoms with Crippen molar-refractivity contribution in [3.05, 3.63) is 66.2 Å². The smallest absolute Gasteiger partial charge is 0.324 e. The number of aryl methyl sites for hydroxylation is 1. The highest BCUT2D eigenvalue weighted by atomic mass is 19.4. The van der Waals surface area contributed by atoms with Crippen molar-refractivity contribution in [1.82, 2.24) is 15.0 Å². The maximum absolute atomic E-state index is 12.7. The lowest BCUT2D eigenvalue weighted by Gasteiger charge is -2.11. The van der Waals surface area contributed by atoms with Crippen LogP contribution in [0, 0.1) is 6.92 Å². The number of anilines is 2. The molecule has 0 atom stereocenters. The molecule has 0 radical (unpaired) electrons. The van der Waals surface area contributed by atoms with Gasteiger partial charge >= 0.3 is 6.18 Å². The molecule has 4 nitrogen and oxygen atoms in total. The summed E-state index contributed by atoms with van der Waals surface area (Å²) in [6, 6.07) is 10.2. The van der Waals surface area contributed by atoms with E-state index in [0.717, 1.165) is 29.0 Å². The van der Waals surface area contributed by atoms with Gasteiger partial charge in [0, 0.05) is 29.8 Å². The summed E-state index contributed by atoms with van der Waals surface area (Å²) in [6.45, 7) is 1.90. The number of pyridine rings is 1. The van der Waals surface area contributed by atoms with Gasteiger partial charge in [-0.2, -0.15) is 13.2 Å². The SMILES string of the molecule is Cc1cc(Nc2nccc(C(F)(F)F)n2)cc(-c2cccnc2)c1. The van der Waals surface area contributed by atoms with Gasteiger partial charge in [0.1, 0.15) is 5.69 Å². The number of hydrogen-bond donors (Lipinski definition) is 1. The quantitative estimate of drug-likeness (QED) is 0.762. The third kappa shape index (κ3) is 3.68. The Balaban J connectivity index is 1.92. The van der Waals surface area contributed by atoms with E-state index in [0.29, 0.717) is 5.69 Å². The van der Waals surface area contributed by atoms with Gasteiger partial charge in [-0.25, -0.2) is 9.97 Å². The van der Waals surface area contributed by atoms with Crippen molar-refractivity contribution in [1.29, 1.82) is 0 Å². The Hall–Kier alpha value is -2.96. The van der Waals surface area contributed by atoms with E-state index in [4.69, 9.17) is 0 Å². The van der Waals surface area contributed by atoms with E-state index in [1.807, 2.05) is 37.3 Å². The molecule has 0 saturated heterocycles. The second kappa shape index (κ2) is 6.27. The van der Waals surface area contributed by atoms with E-state index in [1.165, 1.54) is 0 Å². The molecule has 0 spiro atoms. The molecule has 2 aromatic heterocycles. The van der Waals surface area contributed by atoms with Crippen LogP contribution in [0.3, 0.4) is 0 Å². The summed E-state index contributed by atoms with van der Waals surface area (Å²) in [7, 11) is 0. The molecule has 0 amide bonds. The van der Waals surface area contributed by atoms with Crippen LogP contribution >= 0.6 is 0 Å². The van der Waals surface area contributed by atoms with Crippen molar-refractivity contribution in [3.63, 3.8) is 0 Å². The Morgan fingerprint density at radius 1 is 1.00 bits per heavy atom. The molecule has 0 aliphatic heterocycles. The topological polar surface area (TPSA) is 50.7 Å². The molecule has 3 rings (SSSR count). The van der Waals surface area contributed by atoms with Gasteiger partial charge < -0.3 is 5.32 Å². The standard InChI is InChI=1S/C17H13F3N4/c1-11-7-13(12-3-2-5-21-10-12)9-14(8-11)23-16-22-6-4-15(24-16)17(18,19)20/h2-10H,1H3,(H,22,23,24). The Kier molecular flexibility index (Phi) is 4.16. The van der Waals surface area contributed by atoms with Crippen molar-refractivity contribution in [3.8, 4) is 11.1 Å². The molecule has 7 heteroatoms. The Bertz CT molecular complexity index is 848. The second-order valence-corrected chi connectivity index (χ2v) is 5.22. The van der Waals surface area contributed by atoms with Gasteiger partial charge in [-0.05, 0) is 42.3 Å². The molecule has 0 aliphatic rings. The largest absolute Gasteiger partial charge is 0.433 e. The van der Waals surface area contributed by atoms with Crippen molar-refractivity contribution < 1.29 is 13.2 Å². The number of rotatable bonds is 3. The van der Waals surface area contributed by atoms with Crippen LogP contribution < -0.4 is 5.32 Å². The number of nitrogens with zero attached hydrogens (tertiary/aromatic N) is 3. The Morgan fingerprint density at radius 3 is 2.54 bits per heavy atom. The zero-order valence-electron chi connectivity index (χ0n) is 12.7. The minimum absolute atomic E-state index is 0.104.